The van der Waals surface area contributed by atoms with Crippen LogP contribution in [0.4, 0.5) is 0 Å². The quantitative estimate of drug-likeness (QED) is 0.641. The van der Waals surface area contributed by atoms with E-state index in [9.17, 15) is 14.7 Å². The topological polar surface area (TPSA) is 78.4 Å². The zero-order valence-electron chi connectivity index (χ0n) is 12.9. The van der Waals surface area contributed by atoms with Crippen molar-refractivity contribution in [3.63, 3.8) is 0 Å². The van der Waals surface area contributed by atoms with E-state index in [0.717, 1.165) is 19.3 Å². The molecule has 0 aromatic carbocycles. The highest BCUT2D eigenvalue weighted by Crippen LogP contribution is 2.25. The molecule has 0 aromatic heterocycles. The summed E-state index contributed by atoms with van der Waals surface area (Å²) in [5, 5.41) is 15.0. The fraction of sp³-hybridized carbons (Fsp3) is 0.867. The second-order valence-corrected chi connectivity index (χ2v) is 6.66. The predicted molar refractivity (Wildman–Crippen MR) is 78.1 cm³/mol. The second kappa shape index (κ2) is 7.62. The lowest BCUT2D eigenvalue weighted by molar-refractivity contribution is -0.128. The van der Waals surface area contributed by atoms with Crippen LogP contribution in [-0.2, 0) is 9.59 Å². The summed E-state index contributed by atoms with van der Waals surface area (Å²) in [6, 6.07) is 0.122. The van der Waals surface area contributed by atoms with Crippen LogP contribution in [0.5, 0.6) is 0 Å². The van der Waals surface area contributed by atoms with Crippen molar-refractivity contribution in [3.8, 4) is 0 Å². The number of aliphatic hydroxyl groups is 1. The Bertz CT molecular complexity index is 337. The van der Waals surface area contributed by atoms with Gasteiger partial charge in [-0.2, -0.15) is 0 Å². The van der Waals surface area contributed by atoms with Gasteiger partial charge in [0.2, 0.25) is 11.8 Å². The largest absolute Gasteiger partial charge is 0.396 e. The van der Waals surface area contributed by atoms with Crippen LogP contribution in [0.15, 0.2) is 0 Å². The second-order valence-electron chi connectivity index (χ2n) is 6.66. The molecule has 2 amide bonds. The molecule has 5 heteroatoms. The van der Waals surface area contributed by atoms with Gasteiger partial charge in [-0.3, -0.25) is 9.59 Å². The van der Waals surface area contributed by atoms with Gasteiger partial charge in [0.1, 0.15) is 0 Å². The van der Waals surface area contributed by atoms with E-state index in [1.807, 2.05) is 20.8 Å². The first-order valence-corrected chi connectivity index (χ1v) is 7.53. The van der Waals surface area contributed by atoms with Crippen LogP contribution in [0.3, 0.4) is 0 Å². The Morgan fingerprint density at radius 3 is 2.55 bits per heavy atom. The maximum atomic E-state index is 11.8. The molecule has 0 aromatic rings. The van der Waals surface area contributed by atoms with Gasteiger partial charge >= 0.3 is 0 Å². The van der Waals surface area contributed by atoms with E-state index in [1.165, 1.54) is 0 Å². The van der Waals surface area contributed by atoms with Gasteiger partial charge in [0.05, 0.1) is 0 Å². The number of nitrogens with one attached hydrogen (secondary N) is 2. The molecule has 1 aliphatic rings. The lowest BCUT2D eigenvalue weighted by Crippen LogP contribution is -2.39. The molecular formula is C15H28N2O3. The molecule has 0 bridgehead atoms. The van der Waals surface area contributed by atoms with Crippen LogP contribution in [0.1, 0.15) is 52.9 Å². The number of aliphatic hydroxyl groups excluding tert-OH is 1. The fourth-order valence-electron chi connectivity index (χ4n) is 2.44. The molecule has 3 N–H and O–H groups in total. The molecule has 0 aliphatic heterocycles. The molecule has 116 valence electrons. The van der Waals surface area contributed by atoms with Crippen molar-refractivity contribution in [1.82, 2.24) is 10.6 Å². The summed E-state index contributed by atoms with van der Waals surface area (Å²) in [7, 11) is 0. The molecule has 1 saturated carbocycles. The molecule has 1 rings (SSSR count). The van der Waals surface area contributed by atoms with E-state index in [2.05, 4.69) is 10.6 Å². The molecule has 0 saturated heterocycles. The van der Waals surface area contributed by atoms with Gasteiger partial charge in [-0.15, -0.1) is 0 Å². The highest BCUT2D eigenvalue weighted by Gasteiger charge is 2.27. The first-order chi connectivity index (χ1) is 9.34. The van der Waals surface area contributed by atoms with Gasteiger partial charge in [-0.05, 0) is 19.3 Å². The van der Waals surface area contributed by atoms with Crippen molar-refractivity contribution >= 4 is 11.8 Å². The summed E-state index contributed by atoms with van der Waals surface area (Å²) in [6.07, 6.45) is 4.07. The van der Waals surface area contributed by atoms with Gasteiger partial charge in [0.15, 0.2) is 0 Å². The highest BCUT2D eigenvalue weighted by molar-refractivity contribution is 5.81. The Balaban J connectivity index is 2.16. The maximum Gasteiger partial charge on any atom is 0.225 e. The van der Waals surface area contributed by atoms with Crippen molar-refractivity contribution in [2.24, 2.45) is 11.3 Å². The minimum absolute atomic E-state index is 0.00838. The number of hydrogen-bond donors (Lipinski definition) is 3. The zero-order chi connectivity index (χ0) is 15.2. The average molecular weight is 284 g/mol. The third kappa shape index (κ3) is 5.49. The van der Waals surface area contributed by atoms with E-state index in [1.54, 1.807) is 0 Å². The molecule has 0 heterocycles. The molecule has 20 heavy (non-hydrogen) atoms. The van der Waals surface area contributed by atoms with Crippen LogP contribution in [-0.4, -0.2) is 36.1 Å². The number of carbonyl (C=O) groups excluding carboxylic acids is 2. The van der Waals surface area contributed by atoms with Gasteiger partial charge < -0.3 is 15.7 Å². The van der Waals surface area contributed by atoms with E-state index < -0.39 is 0 Å². The van der Waals surface area contributed by atoms with Gasteiger partial charge in [0.25, 0.3) is 0 Å². The van der Waals surface area contributed by atoms with E-state index in [4.69, 9.17) is 0 Å². The molecule has 2 unspecified atom stereocenters. The smallest absolute Gasteiger partial charge is 0.225 e. The standard InChI is InChI=1S/C15H28N2O3/c1-15(2,3)14(20)16-9-5-8-13(19)17-12-7-4-6-11(12)10-18/h11-12,18H,4-10H2,1-3H3,(H,16,20)(H,17,19). The Hall–Kier alpha value is -1.10. The molecule has 0 spiro atoms. The van der Waals surface area contributed by atoms with Gasteiger partial charge in [-0.25, -0.2) is 0 Å². The van der Waals surface area contributed by atoms with Crippen molar-refractivity contribution in [1.29, 1.82) is 0 Å². The first-order valence-electron chi connectivity index (χ1n) is 7.53. The normalized spacial score (nSPS) is 22.6. The highest BCUT2D eigenvalue weighted by atomic mass is 16.3. The molecule has 5 nitrogen and oxygen atoms in total. The minimum atomic E-state index is -0.388. The average Bonchev–Trinajstić information content (AvgIpc) is 2.80. The first kappa shape index (κ1) is 17.0. The molecule has 1 aliphatic carbocycles. The number of rotatable bonds is 6. The Morgan fingerprint density at radius 1 is 1.25 bits per heavy atom. The lowest BCUT2D eigenvalue weighted by atomic mass is 9.96. The molecule has 2 atom stereocenters. The van der Waals surface area contributed by atoms with Gasteiger partial charge in [0, 0.05) is 36.9 Å². The number of hydrogen-bond acceptors (Lipinski definition) is 3. The van der Waals surface area contributed by atoms with Crippen LogP contribution >= 0.6 is 0 Å². The van der Waals surface area contributed by atoms with Crippen molar-refractivity contribution in [3.05, 3.63) is 0 Å². The maximum absolute atomic E-state index is 11.8. The molecule has 1 fully saturated rings. The third-order valence-electron chi connectivity index (χ3n) is 3.79. The Kier molecular flexibility index (Phi) is 6.46. The summed E-state index contributed by atoms with van der Waals surface area (Å²) >= 11 is 0. The summed E-state index contributed by atoms with van der Waals surface area (Å²) in [5.74, 6) is 0.231. The van der Waals surface area contributed by atoms with Crippen molar-refractivity contribution < 1.29 is 14.7 Å². The molecule has 0 radical (unpaired) electrons. The number of amides is 2. The lowest BCUT2D eigenvalue weighted by Gasteiger charge is -2.19. The fourth-order valence-corrected chi connectivity index (χ4v) is 2.44. The minimum Gasteiger partial charge on any atom is -0.396 e. The summed E-state index contributed by atoms with van der Waals surface area (Å²) in [5.41, 5.74) is -0.388. The molecular weight excluding hydrogens is 256 g/mol. The van der Waals surface area contributed by atoms with Crippen LogP contribution in [0.2, 0.25) is 0 Å². The predicted octanol–water partition coefficient (Wildman–Crippen LogP) is 1.21. The van der Waals surface area contributed by atoms with Crippen molar-refractivity contribution in [2.45, 2.75) is 58.9 Å². The summed E-state index contributed by atoms with van der Waals surface area (Å²) < 4.78 is 0. The number of carbonyl (C=O) groups is 2. The van der Waals surface area contributed by atoms with E-state index >= 15 is 0 Å². The van der Waals surface area contributed by atoms with Crippen LogP contribution in [0, 0.1) is 11.3 Å². The van der Waals surface area contributed by atoms with Crippen molar-refractivity contribution in [2.75, 3.05) is 13.2 Å². The van der Waals surface area contributed by atoms with E-state index in [-0.39, 0.29) is 35.8 Å². The van der Waals surface area contributed by atoms with Crippen LogP contribution in [0.25, 0.3) is 0 Å². The van der Waals surface area contributed by atoms with Gasteiger partial charge in [-0.1, -0.05) is 27.2 Å². The Labute approximate surface area is 121 Å². The van der Waals surface area contributed by atoms with E-state index in [0.29, 0.717) is 19.4 Å². The Morgan fingerprint density at radius 2 is 1.95 bits per heavy atom. The van der Waals surface area contributed by atoms with Crippen LogP contribution < -0.4 is 10.6 Å². The third-order valence-corrected chi connectivity index (χ3v) is 3.79. The SMILES string of the molecule is CC(C)(C)C(=O)NCCCC(=O)NC1CCCC1CO. The summed E-state index contributed by atoms with van der Waals surface area (Å²) in [6.45, 7) is 6.27. The zero-order valence-corrected chi connectivity index (χ0v) is 12.9. The summed E-state index contributed by atoms with van der Waals surface area (Å²) in [4.78, 5) is 23.4. The monoisotopic (exact) mass is 284 g/mol.